The molecule has 1 unspecified atom stereocenters. The summed E-state index contributed by atoms with van der Waals surface area (Å²) in [6, 6.07) is 8.19. The second kappa shape index (κ2) is 8.02. The minimum Gasteiger partial charge on any atom is -0.773 e. The Labute approximate surface area is 138 Å². The van der Waals surface area contributed by atoms with Gasteiger partial charge in [-0.25, -0.2) is 4.98 Å². The number of benzene rings is 1. The second-order valence-electron chi connectivity index (χ2n) is 2.60. The van der Waals surface area contributed by atoms with Crippen molar-refractivity contribution >= 4 is 32.6 Å². The number of rotatable bonds is 0. The van der Waals surface area contributed by atoms with Crippen LogP contribution in [0.2, 0.25) is 0 Å². The molecule has 0 N–H and O–H groups in total. The number of para-hydroxylation sites is 1. The van der Waals surface area contributed by atoms with Crippen LogP contribution in [0.5, 0.6) is 0 Å². The van der Waals surface area contributed by atoms with Crippen molar-refractivity contribution in [1.82, 2.24) is 4.98 Å². The van der Waals surface area contributed by atoms with E-state index in [4.69, 9.17) is 8.76 Å². The maximum Gasteiger partial charge on any atom is 1.00 e. The van der Waals surface area contributed by atoms with Crippen LogP contribution in [-0.2, 0) is 11.1 Å². The van der Waals surface area contributed by atoms with Gasteiger partial charge in [0.05, 0.1) is 15.2 Å². The van der Waals surface area contributed by atoms with E-state index in [0.717, 1.165) is 16.8 Å². The Morgan fingerprint density at radius 3 is 2.47 bits per heavy atom. The number of fused-ring (bicyclic) bond motifs is 1. The van der Waals surface area contributed by atoms with E-state index >= 15 is 0 Å². The maximum atomic E-state index is 9.00. The number of aromatic nitrogens is 1. The van der Waals surface area contributed by atoms with Crippen LogP contribution in [0, 0.1) is 6.92 Å². The molecular formula is C9H10KNO2S2. The Morgan fingerprint density at radius 2 is 1.93 bits per heavy atom. The standard InChI is InChI=1S/C8H7NS.CH4O2S.K/c1-6-9-7-4-2-3-5-8(7)10-6;1-4(2)3;/h2-5H,1H3;1H3,(H,2,3);/q;;+1/p-1. The third-order valence-corrected chi connectivity index (χ3v) is 2.35. The van der Waals surface area contributed by atoms with Crippen LogP contribution in [0.1, 0.15) is 5.01 Å². The zero-order chi connectivity index (χ0) is 10.6. The molecule has 1 aromatic carbocycles. The Bertz CT molecular complexity index is 407. The van der Waals surface area contributed by atoms with Gasteiger partial charge in [-0.15, -0.1) is 11.3 Å². The van der Waals surface area contributed by atoms with Gasteiger partial charge in [-0.2, -0.15) is 0 Å². The number of thiazole rings is 1. The average Bonchev–Trinajstić information content (AvgIpc) is 2.42. The van der Waals surface area contributed by atoms with Crippen LogP contribution in [0.15, 0.2) is 24.3 Å². The molecule has 0 saturated carbocycles. The molecule has 0 saturated heterocycles. The molecule has 15 heavy (non-hydrogen) atoms. The van der Waals surface area contributed by atoms with Gasteiger partial charge in [0.1, 0.15) is 0 Å². The van der Waals surface area contributed by atoms with Crippen molar-refractivity contribution in [2.24, 2.45) is 0 Å². The van der Waals surface area contributed by atoms with Crippen molar-refractivity contribution in [1.29, 1.82) is 0 Å². The summed E-state index contributed by atoms with van der Waals surface area (Å²) in [4.78, 5) is 4.33. The Morgan fingerprint density at radius 1 is 1.40 bits per heavy atom. The molecule has 0 amide bonds. The van der Waals surface area contributed by atoms with E-state index in [1.165, 1.54) is 4.70 Å². The largest absolute Gasteiger partial charge is 1.00 e. The minimum absolute atomic E-state index is 0. The van der Waals surface area contributed by atoms with E-state index in [-0.39, 0.29) is 51.4 Å². The molecule has 0 bridgehead atoms. The van der Waals surface area contributed by atoms with Crippen molar-refractivity contribution in [3.8, 4) is 0 Å². The number of hydrogen-bond donors (Lipinski definition) is 0. The van der Waals surface area contributed by atoms with Crippen molar-refractivity contribution < 1.29 is 60.1 Å². The molecule has 2 aromatic rings. The van der Waals surface area contributed by atoms with Gasteiger partial charge >= 0.3 is 51.4 Å². The first-order valence-corrected chi connectivity index (χ1v) is 6.22. The van der Waals surface area contributed by atoms with Crippen LogP contribution >= 0.6 is 11.3 Å². The maximum absolute atomic E-state index is 9.00. The van der Waals surface area contributed by atoms with E-state index in [0.29, 0.717) is 0 Å². The number of hydrogen-bond acceptors (Lipinski definition) is 4. The molecule has 6 heteroatoms. The number of aryl methyl sites for hydroxylation is 1. The smallest absolute Gasteiger partial charge is 0.773 e. The van der Waals surface area contributed by atoms with Crippen molar-refractivity contribution in [2.45, 2.75) is 6.92 Å². The van der Waals surface area contributed by atoms with Gasteiger partial charge < -0.3 is 4.55 Å². The van der Waals surface area contributed by atoms with Gasteiger partial charge in [0.2, 0.25) is 0 Å². The van der Waals surface area contributed by atoms with E-state index in [1.807, 2.05) is 25.1 Å². The summed E-state index contributed by atoms with van der Waals surface area (Å²) in [6.45, 7) is 2.03. The van der Waals surface area contributed by atoms with Crippen molar-refractivity contribution in [2.75, 3.05) is 6.26 Å². The third-order valence-electron chi connectivity index (χ3n) is 1.40. The van der Waals surface area contributed by atoms with Gasteiger partial charge in [-0.05, 0) is 25.3 Å². The summed E-state index contributed by atoms with van der Waals surface area (Å²) in [6.07, 6.45) is 1.08. The van der Waals surface area contributed by atoms with E-state index < -0.39 is 11.1 Å². The topological polar surface area (TPSA) is 53.0 Å². The van der Waals surface area contributed by atoms with E-state index in [9.17, 15) is 0 Å². The quantitative estimate of drug-likeness (QED) is 0.459. The van der Waals surface area contributed by atoms with E-state index in [2.05, 4.69) is 11.1 Å². The Kier molecular flexibility index (Phi) is 8.48. The first kappa shape index (κ1) is 15.9. The van der Waals surface area contributed by atoms with E-state index in [1.54, 1.807) is 11.3 Å². The summed E-state index contributed by atoms with van der Waals surface area (Å²) in [5.74, 6) is 0. The molecule has 0 radical (unpaired) electrons. The third kappa shape index (κ3) is 6.23. The van der Waals surface area contributed by atoms with Gasteiger partial charge in [-0.1, -0.05) is 23.2 Å². The van der Waals surface area contributed by atoms with Gasteiger partial charge in [0.25, 0.3) is 0 Å². The zero-order valence-corrected chi connectivity index (χ0v) is 13.6. The number of nitrogens with zero attached hydrogens (tertiary/aromatic N) is 1. The molecule has 1 aromatic heterocycles. The van der Waals surface area contributed by atoms with Gasteiger partial charge in [0.15, 0.2) is 0 Å². The predicted molar refractivity (Wildman–Crippen MR) is 59.2 cm³/mol. The minimum atomic E-state index is -1.86. The SMILES string of the molecule is CS(=O)[O-].Cc1nc2ccccc2s1.[K+]. The molecule has 76 valence electrons. The summed E-state index contributed by atoms with van der Waals surface area (Å²) in [7, 11) is 0. The van der Waals surface area contributed by atoms with Crippen LogP contribution in [0.3, 0.4) is 0 Å². The first-order chi connectivity index (χ1) is 6.59. The fraction of sp³-hybridized carbons (Fsp3) is 0.222. The normalized spacial score (nSPS) is 11.1. The summed E-state index contributed by atoms with van der Waals surface area (Å²) in [5.41, 5.74) is 1.12. The molecule has 3 nitrogen and oxygen atoms in total. The van der Waals surface area contributed by atoms with Crippen molar-refractivity contribution in [3.05, 3.63) is 29.3 Å². The van der Waals surface area contributed by atoms with Crippen LogP contribution in [-0.4, -0.2) is 20.0 Å². The second-order valence-corrected chi connectivity index (χ2v) is 4.64. The summed E-state index contributed by atoms with van der Waals surface area (Å²) in [5, 5.41) is 1.14. The Hall–Kier alpha value is 0.856. The molecule has 0 aliphatic heterocycles. The first-order valence-electron chi connectivity index (χ1n) is 3.92. The molecular weight excluding hydrogens is 257 g/mol. The molecule has 1 atom stereocenters. The average molecular weight is 267 g/mol. The molecule has 0 aliphatic carbocycles. The van der Waals surface area contributed by atoms with Crippen LogP contribution in [0.25, 0.3) is 10.2 Å². The summed E-state index contributed by atoms with van der Waals surface area (Å²) < 4.78 is 19.3. The fourth-order valence-electron chi connectivity index (χ4n) is 0.987. The predicted octanol–water partition coefficient (Wildman–Crippen LogP) is -0.896. The molecule has 0 fully saturated rings. The molecule has 0 aliphatic rings. The molecule has 2 rings (SSSR count). The molecule has 0 spiro atoms. The van der Waals surface area contributed by atoms with Crippen molar-refractivity contribution in [3.63, 3.8) is 0 Å². The van der Waals surface area contributed by atoms with Crippen LogP contribution < -0.4 is 51.4 Å². The van der Waals surface area contributed by atoms with Crippen LogP contribution in [0.4, 0.5) is 0 Å². The molecule has 1 heterocycles. The fourth-order valence-corrected chi connectivity index (χ4v) is 1.81. The summed E-state index contributed by atoms with van der Waals surface area (Å²) >= 11 is -0.120. The Balaban J connectivity index is 0.000000346. The monoisotopic (exact) mass is 267 g/mol. The van der Waals surface area contributed by atoms with Gasteiger partial charge in [-0.3, -0.25) is 4.21 Å². The zero-order valence-electron chi connectivity index (χ0n) is 8.89. The van der Waals surface area contributed by atoms with Gasteiger partial charge in [0, 0.05) is 0 Å².